The molecule has 12 heavy (non-hydrogen) atoms. The molecule has 0 heterocycles. The van der Waals surface area contributed by atoms with Crippen molar-refractivity contribution in [1.29, 1.82) is 0 Å². The van der Waals surface area contributed by atoms with Crippen LogP contribution in [0.3, 0.4) is 0 Å². The molecule has 0 fully saturated rings. The first-order chi connectivity index (χ1) is 5.16. The van der Waals surface area contributed by atoms with Crippen molar-refractivity contribution < 1.29 is 0 Å². The van der Waals surface area contributed by atoms with Crippen LogP contribution in [0.4, 0.5) is 0 Å². The summed E-state index contributed by atoms with van der Waals surface area (Å²) in [5.74, 6) is 0.705. The number of allylic oxidation sites excluding steroid dienone is 1. The molecule has 0 spiro atoms. The number of unbranched alkanes of at least 4 members (excludes halogenated alkanes) is 1. The topological polar surface area (TPSA) is 26.0 Å². The third-order valence-corrected chi connectivity index (χ3v) is 1.58. The first-order valence-corrected chi connectivity index (χ1v) is 4.59. The van der Waals surface area contributed by atoms with Gasteiger partial charge in [0.1, 0.15) is 0 Å². The third kappa shape index (κ3) is 9.99. The molecule has 0 aromatic carbocycles. The molecule has 0 amide bonds. The molecule has 2 N–H and O–H groups in total. The second-order valence-corrected chi connectivity index (χ2v) is 3.51. The van der Waals surface area contributed by atoms with E-state index in [1.807, 2.05) is 0 Å². The van der Waals surface area contributed by atoms with Gasteiger partial charge in [-0.3, -0.25) is 0 Å². The molecule has 0 unspecified atom stereocenters. The molecule has 2 heteroatoms. The zero-order chi connectivity index (χ0) is 8.69. The van der Waals surface area contributed by atoms with Crippen LogP contribution >= 0.6 is 12.4 Å². The number of hydrogen-bond acceptors (Lipinski definition) is 1. The number of nitrogens with two attached hydrogens (primary N) is 1. The fourth-order valence-electron chi connectivity index (χ4n) is 1.06. The molecule has 0 aliphatic rings. The lowest BCUT2D eigenvalue weighted by Crippen LogP contribution is -2.18. The highest BCUT2D eigenvalue weighted by atomic mass is 35.5. The van der Waals surface area contributed by atoms with Crippen molar-refractivity contribution in [3.05, 3.63) is 12.2 Å². The maximum absolute atomic E-state index is 5.83. The Kier molecular flexibility index (Phi) is 11.0. The Labute approximate surface area is 82.8 Å². The zero-order valence-corrected chi connectivity index (χ0v) is 9.23. The Hall–Kier alpha value is -0.0100. The van der Waals surface area contributed by atoms with Crippen LogP contribution in [0.5, 0.6) is 0 Å². The van der Waals surface area contributed by atoms with Gasteiger partial charge in [0, 0.05) is 6.04 Å². The van der Waals surface area contributed by atoms with E-state index in [2.05, 4.69) is 32.9 Å². The van der Waals surface area contributed by atoms with Crippen molar-refractivity contribution >= 4 is 12.4 Å². The quantitative estimate of drug-likeness (QED) is 0.664. The molecule has 0 bridgehead atoms. The van der Waals surface area contributed by atoms with E-state index in [4.69, 9.17) is 5.73 Å². The van der Waals surface area contributed by atoms with Crippen molar-refractivity contribution in [3.63, 3.8) is 0 Å². The summed E-state index contributed by atoms with van der Waals surface area (Å²) < 4.78 is 0. The highest BCUT2D eigenvalue weighted by Gasteiger charge is 1.99. The predicted molar refractivity (Wildman–Crippen MR) is 58.7 cm³/mol. The Balaban J connectivity index is 0. The van der Waals surface area contributed by atoms with Gasteiger partial charge in [0.15, 0.2) is 0 Å². The molecule has 0 radical (unpaired) electrons. The fraction of sp³-hybridized carbons (Fsp3) is 0.800. The van der Waals surface area contributed by atoms with Gasteiger partial charge in [0.25, 0.3) is 0 Å². The van der Waals surface area contributed by atoms with Crippen LogP contribution in [0.25, 0.3) is 0 Å². The van der Waals surface area contributed by atoms with Gasteiger partial charge in [0.2, 0.25) is 0 Å². The fourth-order valence-corrected chi connectivity index (χ4v) is 1.06. The Morgan fingerprint density at radius 2 is 1.92 bits per heavy atom. The van der Waals surface area contributed by atoms with Crippen LogP contribution in [0.15, 0.2) is 12.2 Å². The molecular weight excluding hydrogens is 170 g/mol. The molecule has 1 nitrogen and oxygen atoms in total. The Bertz CT molecular complexity index is 110. The number of rotatable bonds is 5. The molecule has 0 rings (SSSR count). The maximum Gasteiger partial charge on any atom is 0.0226 e. The number of halogens is 1. The second-order valence-electron chi connectivity index (χ2n) is 3.51. The molecule has 0 aromatic rings. The van der Waals surface area contributed by atoms with Gasteiger partial charge in [-0.2, -0.15) is 0 Å². The molecule has 0 aliphatic heterocycles. The van der Waals surface area contributed by atoms with Crippen molar-refractivity contribution in [2.75, 3.05) is 0 Å². The van der Waals surface area contributed by atoms with Crippen LogP contribution in [0.2, 0.25) is 0 Å². The highest BCUT2D eigenvalue weighted by Crippen LogP contribution is 2.03. The molecule has 0 saturated carbocycles. The normalized spacial score (nSPS) is 13.4. The molecular formula is C10H22ClN. The maximum atomic E-state index is 5.83. The van der Waals surface area contributed by atoms with Crippen molar-refractivity contribution in [2.45, 2.75) is 46.1 Å². The van der Waals surface area contributed by atoms with E-state index < -0.39 is 0 Å². The number of hydrogen-bond donors (Lipinski definition) is 1. The minimum atomic E-state index is 0. The zero-order valence-electron chi connectivity index (χ0n) is 8.42. The lowest BCUT2D eigenvalue weighted by atomic mass is 10.0. The van der Waals surface area contributed by atoms with Crippen LogP contribution < -0.4 is 5.73 Å². The van der Waals surface area contributed by atoms with Gasteiger partial charge in [-0.05, 0) is 18.8 Å². The summed E-state index contributed by atoms with van der Waals surface area (Å²) in [5.41, 5.74) is 5.83. The third-order valence-electron chi connectivity index (χ3n) is 1.58. The van der Waals surface area contributed by atoms with E-state index in [0.29, 0.717) is 5.92 Å². The van der Waals surface area contributed by atoms with E-state index in [9.17, 15) is 0 Å². The first kappa shape index (κ1) is 14.5. The average Bonchev–Trinajstić information content (AvgIpc) is 1.86. The standard InChI is InChI=1S/C10H21N.ClH/c1-4-5-6-7-10(11)8-9(2)3;/h6-7,9-10H,4-5,8,11H2,1-3H3;1H/b7-6+;/t10-;/m1./s1. The highest BCUT2D eigenvalue weighted by molar-refractivity contribution is 5.85. The van der Waals surface area contributed by atoms with Crippen molar-refractivity contribution in [3.8, 4) is 0 Å². The summed E-state index contributed by atoms with van der Waals surface area (Å²) in [5, 5.41) is 0. The Morgan fingerprint density at radius 3 is 2.33 bits per heavy atom. The van der Waals surface area contributed by atoms with E-state index >= 15 is 0 Å². The second kappa shape index (κ2) is 9.08. The average molecular weight is 192 g/mol. The van der Waals surface area contributed by atoms with Crippen LogP contribution in [-0.2, 0) is 0 Å². The molecule has 0 saturated heterocycles. The minimum Gasteiger partial charge on any atom is -0.324 e. The molecule has 74 valence electrons. The van der Waals surface area contributed by atoms with E-state index in [0.717, 1.165) is 12.8 Å². The van der Waals surface area contributed by atoms with Crippen molar-refractivity contribution in [2.24, 2.45) is 11.7 Å². The first-order valence-electron chi connectivity index (χ1n) is 4.59. The van der Waals surface area contributed by atoms with Crippen LogP contribution in [-0.4, -0.2) is 6.04 Å². The van der Waals surface area contributed by atoms with E-state index in [1.165, 1.54) is 6.42 Å². The van der Waals surface area contributed by atoms with Gasteiger partial charge in [-0.1, -0.05) is 39.3 Å². The van der Waals surface area contributed by atoms with Gasteiger partial charge in [-0.25, -0.2) is 0 Å². The summed E-state index contributed by atoms with van der Waals surface area (Å²) in [6.07, 6.45) is 7.79. The predicted octanol–water partition coefficient (Wildman–Crippen LogP) is 3.14. The summed E-state index contributed by atoms with van der Waals surface area (Å²) >= 11 is 0. The molecule has 0 aliphatic carbocycles. The van der Waals surface area contributed by atoms with E-state index in [1.54, 1.807) is 0 Å². The summed E-state index contributed by atoms with van der Waals surface area (Å²) in [4.78, 5) is 0. The lowest BCUT2D eigenvalue weighted by Gasteiger charge is -2.08. The smallest absolute Gasteiger partial charge is 0.0226 e. The molecule has 0 aromatic heterocycles. The lowest BCUT2D eigenvalue weighted by molar-refractivity contribution is 0.545. The SMILES string of the molecule is CCC/C=C/[C@@H](N)CC(C)C.Cl. The largest absolute Gasteiger partial charge is 0.324 e. The Morgan fingerprint density at radius 1 is 1.33 bits per heavy atom. The van der Waals surface area contributed by atoms with E-state index in [-0.39, 0.29) is 18.4 Å². The molecule has 1 atom stereocenters. The summed E-state index contributed by atoms with van der Waals surface area (Å²) in [6.45, 7) is 6.58. The summed E-state index contributed by atoms with van der Waals surface area (Å²) in [7, 11) is 0. The summed E-state index contributed by atoms with van der Waals surface area (Å²) in [6, 6.07) is 0.265. The minimum absolute atomic E-state index is 0. The van der Waals surface area contributed by atoms with Crippen molar-refractivity contribution in [1.82, 2.24) is 0 Å². The monoisotopic (exact) mass is 191 g/mol. The van der Waals surface area contributed by atoms with Crippen LogP contribution in [0, 0.1) is 5.92 Å². The van der Waals surface area contributed by atoms with Gasteiger partial charge in [-0.15, -0.1) is 12.4 Å². The van der Waals surface area contributed by atoms with Gasteiger partial charge in [0.05, 0.1) is 0 Å². The van der Waals surface area contributed by atoms with Gasteiger partial charge < -0.3 is 5.73 Å². The van der Waals surface area contributed by atoms with Crippen LogP contribution in [0.1, 0.15) is 40.0 Å². The van der Waals surface area contributed by atoms with Gasteiger partial charge >= 0.3 is 0 Å².